The first kappa shape index (κ1) is 16.6. The van der Waals surface area contributed by atoms with Crippen molar-refractivity contribution in [1.29, 1.82) is 0 Å². The van der Waals surface area contributed by atoms with Crippen LogP contribution in [-0.4, -0.2) is 17.4 Å². The zero-order valence-electron chi connectivity index (χ0n) is 12.0. The van der Waals surface area contributed by atoms with E-state index in [0.717, 1.165) is 17.8 Å². The largest absolute Gasteiger partial charge is 0.416 e. The molecule has 0 saturated heterocycles. The molecule has 1 N–H and O–H groups in total. The average Bonchev–Trinajstić information content (AvgIpc) is 2.53. The molecule has 1 aromatic heterocycles. The van der Waals surface area contributed by atoms with Crippen LogP contribution in [0.25, 0.3) is 0 Å². The summed E-state index contributed by atoms with van der Waals surface area (Å²) in [4.78, 5) is 15.7. The van der Waals surface area contributed by atoms with E-state index in [0.29, 0.717) is 18.5 Å². The lowest BCUT2D eigenvalue weighted by atomic mass is 10.1. The van der Waals surface area contributed by atoms with Crippen LogP contribution in [-0.2, 0) is 17.4 Å². The Balaban J connectivity index is 1.85. The van der Waals surface area contributed by atoms with E-state index in [9.17, 15) is 18.0 Å². The number of hydrogen-bond donors (Lipinski definition) is 1. The van der Waals surface area contributed by atoms with Crippen LogP contribution in [0.15, 0.2) is 48.7 Å². The van der Waals surface area contributed by atoms with Crippen molar-refractivity contribution in [1.82, 2.24) is 10.3 Å². The number of hydrogen-bond acceptors (Lipinski definition) is 2. The molecular formula is C17H13F3N2O. The Morgan fingerprint density at radius 2 is 1.87 bits per heavy atom. The standard InChI is InChI=1S/C17H13F3N2O/c18-17(19,20)14-7-4-13(5-8-14)6-9-16(23)22-12-10-15-3-1-2-11-21-15/h1-5,7-8,11H,10,12H2,(H,22,23). The normalized spacial score (nSPS) is 10.6. The van der Waals surface area contributed by atoms with E-state index in [1.807, 2.05) is 12.1 Å². The summed E-state index contributed by atoms with van der Waals surface area (Å²) in [5.41, 5.74) is 0.448. The zero-order chi connectivity index (χ0) is 16.7. The maximum absolute atomic E-state index is 12.4. The lowest BCUT2D eigenvalue weighted by Gasteiger charge is -2.05. The highest BCUT2D eigenvalue weighted by molar-refractivity contribution is 5.94. The number of pyridine rings is 1. The van der Waals surface area contributed by atoms with Crippen LogP contribution in [0, 0.1) is 11.8 Å². The Morgan fingerprint density at radius 1 is 1.13 bits per heavy atom. The third-order valence-electron chi connectivity index (χ3n) is 2.93. The molecule has 2 aromatic rings. The van der Waals surface area contributed by atoms with Gasteiger partial charge < -0.3 is 5.32 Å². The van der Waals surface area contributed by atoms with Crippen LogP contribution in [0.2, 0.25) is 0 Å². The number of aromatic nitrogens is 1. The summed E-state index contributed by atoms with van der Waals surface area (Å²) < 4.78 is 37.2. The molecule has 0 unspecified atom stereocenters. The molecule has 0 aliphatic rings. The van der Waals surface area contributed by atoms with Crippen molar-refractivity contribution in [3.05, 3.63) is 65.5 Å². The summed E-state index contributed by atoms with van der Waals surface area (Å²) in [6.45, 7) is 0.386. The second kappa shape index (κ2) is 7.45. The molecule has 1 heterocycles. The molecular weight excluding hydrogens is 305 g/mol. The fourth-order valence-electron chi connectivity index (χ4n) is 1.77. The first-order chi connectivity index (χ1) is 10.9. The SMILES string of the molecule is O=C(C#Cc1ccc(C(F)(F)F)cc1)NCCc1ccccn1. The topological polar surface area (TPSA) is 42.0 Å². The number of benzene rings is 1. The smallest absolute Gasteiger partial charge is 0.345 e. The Bertz CT molecular complexity index is 713. The van der Waals surface area contributed by atoms with Gasteiger partial charge in [0, 0.05) is 36.3 Å². The van der Waals surface area contributed by atoms with Gasteiger partial charge in [-0.25, -0.2) is 0 Å². The van der Waals surface area contributed by atoms with Crippen molar-refractivity contribution in [2.45, 2.75) is 12.6 Å². The van der Waals surface area contributed by atoms with Crippen molar-refractivity contribution in [3.8, 4) is 11.8 Å². The molecule has 0 fully saturated rings. The molecule has 1 amide bonds. The summed E-state index contributed by atoms with van der Waals surface area (Å²) in [6.07, 6.45) is -2.13. The van der Waals surface area contributed by atoms with Crippen LogP contribution in [0.3, 0.4) is 0 Å². The number of carbonyl (C=O) groups excluding carboxylic acids is 1. The Hall–Kier alpha value is -2.81. The lowest BCUT2D eigenvalue weighted by molar-refractivity contribution is -0.137. The first-order valence-electron chi connectivity index (χ1n) is 6.82. The Morgan fingerprint density at radius 3 is 2.48 bits per heavy atom. The van der Waals surface area contributed by atoms with Crippen LogP contribution in [0.5, 0.6) is 0 Å². The molecule has 0 saturated carbocycles. The lowest BCUT2D eigenvalue weighted by Crippen LogP contribution is -2.24. The quantitative estimate of drug-likeness (QED) is 0.884. The second-order valence-corrected chi connectivity index (χ2v) is 4.65. The highest BCUT2D eigenvalue weighted by atomic mass is 19.4. The van der Waals surface area contributed by atoms with E-state index in [1.54, 1.807) is 12.3 Å². The van der Waals surface area contributed by atoms with Crippen molar-refractivity contribution in [3.63, 3.8) is 0 Å². The van der Waals surface area contributed by atoms with Gasteiger partial charge in [-0.2, -0.15) is 13.2 Å². The number of carbonyl (C=O) groups is 1. The van der Waals surface area contributed by atoms with E-state index in [1.165, 1.54) is 12.1 Å². The minimum absolute atomic E-state index is 0.345. The number of nitrogens with one attached hydrogen (secondary N) is 1. The van der Waals surface area contributed by atoms with Gasteiger partial charge in [-0.1, -0.05) is 12.0 Å². The second-order valence-electron chi connectivity index (χ2n) is 4.65. The van der Waals surface area contributed by atoms with Crippen molar-refractivity contribution < 1.29 is 18.0 Å². The maximum atomic E-state index is 12.4. The van der Waals surface area contributed by atoms with Gasteiger partial charge in [-0.3, -0.25) is 9.78 Å². The predicted molar refractivity (Wildman–Crippen MR) is 79.3 cm³/mol. The molecule has 0 bridgehead atoms. The van der Waals surface area contributed by atoms with Crippen LogP contribution >= 0.6 is 0 Å². The zero-order valence-corrected chi connectivity index (χ0v) is 12.0. The fraction of sp³-hybridized carbons (Fsp3) is 0.176. The summed E-state index contributed by atoms with van der Waals surface area (Å²) in [7, 11) is 0. The van der Waals surface area contributed by atoms with Gasteiger partial charge in [0.2, 0.25) is 0 Å². The number of rotatable bonds is 3. The minimum atomic E-state index is -4.38. The third kappa shape index (κ3) is 5.47. The molecule has 1 aromatic carbocycles. The molecule has 3 nitrogen and oxygen atoms in total. The molecule has 0 spiro atoms. The summed E-state index contributed by atoms with van der Waals surface area (Å²) in [5, 5.41) is 2.60. The van der Waals surface area contributed by atoms with Crippen molar-refractivity contribution >= 4 is 5.91 Å². The highest BCUT2D eigenvalue weighted by Gasteiger charge is 2.29. The summed E-state index contributed by atoms with van der Waals surface area (Å²) >= 11 is 0. The Kier molecular flexibility index (Phi) is 5.36. The van der Waals surface area contributed by atoms with Crippen LogP contribution < -0.4 is 5.32 Å². The molecule has 0 radical (unpaired) electrons. The van der Waals surface area contributed by atoms with Gasteiger partial charge in [-0.15, -0.1) is 0 Å². The van der Waals surface area contributed by atoms with E-state index in [4.69, 9.17) is 0 Å². The van der Waals surface area contributed by atoms with E-state index in [2.05, 4.69) is 22.1 Å². The highest BCUT2D eigenvalue weighted by Crippen LogP contribution is 2.28. The predicted octanol–water partition coefficient (Wildman–Crippen LogP) is 2.81. The number of alkyl halides is 3. The van der Waals surface area contributed by atoms with E-state index >= 15 is 0 Å². The number of halogens is 3. The fourth-order valence-corrected chi connectivity index (χ4v) is 1.77. The number of amides is 1. The number of nitrogens with zero attached hydrogens (tertiary/aromatic N) is 1. The van der Waals surface area contributed by atoms with E-state index in [-0.39, 0.29) is 0 Å². The Labute approximate surface area is 131 Å². The van der Waals surface area contributed by atoms with E-state index < -0.39 is 17.6 Å². The van der Waals surface area contributed by atoms with Crippen LogP contribution in [0.4, 0.5) is 13.2 Å². The monoisotopic (exact) mass is 318 g/mol. The van der Waals surface area contributed by atoms with Gasteiger partial charge in [0.15, 0.2) is 0 Å². The maximum Gasteiger partial charge on any atom is 0.416 e. The molecule has 0 aliphatic heterocycles. The molecule has 0 aliphatic carbocycles. The van der Waals surface area contributed by atoms with Gasteiger partial charge >= 0.3 is 6.18 Å². The molecule has 6 heteroatoms. The minimum Gasteiger partial charge on any atom is -0.345 e. The van der Waals surface area contributed by atoms with Gasteiger partial charge in [-0.05, 0) is 36.4 Å². The molecule has 118 valence electrons. The van der Waals surface area contributed by atoms with Crippen molar-refractivity contribution in [2.24, 2.45) is 0 Å². The van der Waals surface area contributed by atoms with Gasteiger partial charge in [0.25, 0.3) is 5.91 Å². The summed E-state index contributed by atoms with van der Waals surface area (Å²) in [6, 6.07) is 9.84. The third-order valence-corrected chi connectivity index (χ3v) is 2.93. The molecule has 0 atom stereocenters. The van der Waals surface area contributed by atoms with Crippen molar-refractivity contribution in [2.75, 3.05) is 6.54 Å². The van der Waals surface area contributed by atoms with Gasteiger partial charge in [0.1, 0.15) is 0 Å². The van der Waals surface area contributed by atoms with Crippen LogP contribution in [0.1, 0.15) is 16.8 Å². The van der Waals surface area contributed by atoms with Gasteiger partial charge in [0.05, 0.1) is 5.56 Å². The average molecular weight is 318 g/mol. The molecule has 2 rings (SSSR count). The summed E-state index contributed by atoms with van der Waals surface area (Å²) in [5.74, 6) is 4.38. The first-order valence-corrected chi connectivity index (χ1v) is 6.82. The molecule has 23 heavy (non-hydrogen) atoms.